The number of pyridine rings is 1. The summed E-state index contributed by atoms with van der Waals surface area (Å²) in [5.41, 5.74) is 0.536. The highest BCUT2D eigenvalue weighted by molar-refractivity contribution is 6.17. The first kappa shape index (κ1) is 11.4. The number of carbonyl (C=O) groups excluding carboxylic acids is 1. The molecule has 1 aliphatic heterocycles. The van der Waals surface area contributed by atoms with Crippen LogP contribution in [0.1, 0.15) is 23.3 Å². The van der Waals surface area contributed by atoms with Gasteiger partial charge in [0, 0.05) is 25.2 Å². The molecule has 0 aromatic carbocycles. The monoisotopic (exact) mass is 238 g/mol. The van der Waals surface area contributed by atoms with Gasteiger partial charge in [-0.05, 0) is 30.9 Å². The molecule has 0 N–H and O–H groups in total. The second-order valence-electron chi connectivity index (χ2n) is 4.10. The van der Waals surface area contributed by atoms with Crippen molar-refractivity contribution in [3.05, 3.63) is 30.1 Å². The molecule has 0 spiro atoms. The van der Waals surface area contributed by atoms with Crippen LogP contribution in [0.3, 0.4) is 0 Å². The van der Waals surface area contributed by atoms with E-state index in [1.807, 2.05) is 17.0 Å². The van der Waals surface area contributed by atoms with E-state index in [0.717, 1.165) is 25.9 Å². The van der Waals surface area contributed by atoms with Crippen molar-refractivity contribution in [2.45, 2.75) is 12.8 Å². The lowest BCUT2D eigenvalue weighted by molar-refractivity contribution is 0.0781. The Bertz CT molecular complexity index is 355. The van der Waals surface area contributed by atoms with E-state index in [9.17, 15) is 4.79 Å². The standard InChI is InChI=1S/C12H15ClN2O/c13-6-4-10-5-8-15(9-10)12(16)11-3-1-2-7-14-11/h1-3,7,10H,4-6,8-9H2. The van der Waals surface area contributed by atoms with Crippen molar-refractivity contribution in [3.63, 3.8) is 0 Å². The van der Waals surface area contributed by atoms with Crippen LogP contribution in [0, 0.1) is 5.92 Å². The molecular formula is C12H15ClN2O. The second-order valence-corrected chi connectivity index (χ2v) is 4.48. The number of likely N-dealkylation sites (tertiary alicyclic amines) is 1. The van der Waals surface area contributed by atoms with E-state index in [1.165, 1.54) is 0 Å². The van der Waals surface area contributed by atoms with Gasteiger partial charge in [0.15, 0.2) is 0 Å². The van der Waals surface area contributed by atoms with Gasteiger partial charge in [0.1, 0.15) is 5.69 Å². The van der Waals surface area contributed by atoms with E-state index in [-0.39, 0.29) is 5.91 Å². The summed E-state index contributed by atoms with van der Waals surface area (Å²) in [7, 11) is 0. The van der Waals surface area contributed by atoms with Gasteiger partial charge in [-0.25, -0.2) is 0 Å². The molecule has 0 radical (unpaired) electrons. The first-order chi connectivity index (χ1) is 7.81. The first-order valence-corrected chi connectivity index (χ1v) is 6.11. The van der Waals surface area contributed by atoms with Crippen molar-refractivity contribution in [3.8, 4) is 0 Å². The van der Waals surface area contributed by atoms with Gasteiger partial charge in [-0.15, -0.1) is 11.6 Å². The summed E-state index contributed by atoms with van der Waals surface area (Å²) in [5, 5.41) is 0. The number of carbonyl (C=O) groups is 1. The Morgan fingerprint density at radius 3 is 3.12 bits per heavy atom. The molecule has 3 nitrogen and oxygen atoms in total. The highest BCUT2D eigenvalue weighted by Gasteiger charge is 2.26. The topological polar surface area (TPSA) is 33.2 Å². The summed E-state index contributed by atoms with van der Waals surface area (Å²) in [6, 6.07) is 5.42. The largest absolute Gasteiger partial charge is 0.337 e. The molecular weight excluding hydrogens is 224 g/mol. The Hall–Kier alpha value is -1.09. The number of hydrogen-bond acceptors (Lipinski definition) is 2. The number of alkyl halides is 1. The molecule has 1 aliphatic rings. The fourth-order valence-electron chi connectivity index (χ4n) is 2.06. The van der Waals surface area contributed by atoms with Crippen molar-refractivity contribution in [1.82, 2.24) is 9.88 Å². The van der Waals surface area contributed by atoms with E-state index in [0.29, 0.717) is 17.5 Å². The molecule has 1 amide bonds. The predicted octanol–water partition coefficient (Wildman–Crippen LogP) is 2.17. The highest BCUT2D eigenvalue weighted by Crippen LogP contribution is 2.21. The van der Waals surface area contributed by atoms with Crippen molar-refractivity contribution in [2.24, 2.45) is 5.92 Å². The summed E-state index contributed by atoms with van der Waals surface area (Å²) in [6.07, 6.45) is 3.71. The normalized spacial score (nSPS) is 20.1. The average Bonchev–Trinajstić information content (AvgIpc) is 2.78. The number of aromatic nitrogens is 1. The number of amides is 1. The summed E-state index contributed by atoms with van der Waals surface area (Å²) < 4.78 is 0. The lowest BCUT2D eigenvalue weighted by Gasteiger charge is -2.15. The number of halogens is 1. The fraction of sp³-hybridized carbons (Fsp3) is 0.500. The molecule has 2 heterocycles. The Morgan fingerprint density at radius 1 is 1.56 bits per heavy atom. The van der Waals surface area contributed by atoms with Gasteiger partial charge in [-0.2, -0.15) is 0 Å². The van der Waals surface area contributed by atoms with E-state index in [1.54, 1.807) is 12.3 Å². The van der Waals surface area contributed by atoms with E-state index in [2.05, 4.69) is 4.98 Å². The molecule has 86 valence electrons. The molecule has 1 aromatic rings. The van der Waals surface area contributed by atoms with Crippen molar-refractivity contribution in [1.29, 1.82) is 0 Å². The Labute approximate surface area is 100 Å². The molecule has 16 heavy (non-hydrogen) atoms. The van der Waals surface area contributed by atoms with Crippen LogP contribution in [0.25, 0.3) is 0 Å². The van der Waals surface area contributed by atoms with E-state index < -0.39 is 0 Å². The number of nitrogens with zero attached hydrogens (tertiary/aromatic N) is 2. The zero-order valence-corrected chi connectivity index (χ0v) is 9.86. The molecule has 0 saturated carbocycles. The van der Waals surface area contributed by atoms with Crippen LogP contribution < -0.4 is 0 Å². The van der Waals surface area contributed by atoms with Crippen LogP contribution in [0.4, 0.5) is 0 Å². The molecule has 1 atom stereocenters. The van der Waals surface area contributed by atoms with E-state index in [4.69, 9.17) is 11.6 Å². The minimum Gasteiger partial charge on any atom is -0.337 e. The first-order valence-electron chi connectivity index (χ1n) is 5.57. The third-order valence-electron chi connectivity index (χ3n) is 2.97. The smallest absolute Gasteiger partial charge is 0.272 e. The van der Waals surface area contributed by atoms with Gasteiger partial charge in [0.05, 0.1) is 0 Å². The lowest BCUT2D eigenvalue weighted by atomic mass is 10.1. The number of rotatable bonds is 3. The summed E-state index contributed by atoms with van der Waals surface area (Å²) in [5.74, 6) is 1.28. The molecule has 1 saturated heterocycles. The molecule has 4 heteroatoms. The average molecular weight is 239 g/mol. The molecule has 0 aliphatic carbocycles. The van der Waals surface area contributed by atoms with Gasteiger partial charge >= 0.3 is 0 Å². The van der Waals surface area contributed by atoms with E-state index >= 15 is 0 Å². The van der Waals surface area contributed by atoms with Crippen LogP contribution in [0.15, 0.2) is 24.4 Å². The minimum absolute atomic E-state index is 0.0395. The van der Waals surface area contributed by atoms with Crippen LogP contribution in [-0.4, -0.2) is 34.8 Å². The SMILES string of the molecule is O=C(c1ccccn1)N1CCC(CCCl)C1. The quantitative estimate of drug-likeness (QED) is 0.757. The summed E-state index contributed by atoms with van der Waals surface area (Å²) >= 11 is 5.71. The maximum absolute atomic E-state index is 12.0. The minimum atomic E-state index is 0.0395. The van der Waals surface area contributed by atoms with Crippen molar-refractivity contribution in [2.75, 3.05) is 19.0 Å². The fourth-order valence-corrected chi connectivity index (χ4v) is 2.37. The third kappa shape index (κ3) is 2.53. The van der Waals surface area contributed by atoms with Crippen LogP contribution in [0.5, 0.6) is 0 Å². The zero-order valence-electron chi connectivity index (χ0n) is 9.10. The van der Waals surface area contributed by atoms with Crippen LogP contribution in [-0.2, 0) is 0 Å². The zero-order chi connectivity index (χ0) is 11.4. The molecule has 0 bridgehead atoms. The van der Waals surface area contributed by atoms with Gasteiger partial charge < -0.3 is 4.90 Å². The molecule has 1 unspecified atom stereocenters. The Morgan fingerprint density at radius 2 is 2.44 bits per heavy atom. The predicted molar refractivity (Wildman–Crippen MR) is 63.6 cm³/mol. The van der Waals surface area contributed by atoms with Gasteiger partial charge in [0.2, 0.25) is 0 Å². The Balaban J connectivity index is 1.97. The van der Waals surface area contributed by atoms with Crippen molar-refractivity contribution >= 4 is 17.5 Å². The molecule has 1 aromatic heterocycles. The van der Waals surface area contributed by atoms with Crippen LogP contribution >= 0.6 is 11.6 Å². The molecule has 1 fully saturated rings. The Kier molecular flexibility index (Phi) is 3.78. The van der Waals surface area contributed by atoms with Gasteiger partial charge in [0.25, 0.3) is 5.91 Å². The lowest BCUT2D eigenvalue weighted by Crippen LogP contribution is -2.29. The third-order valence-corrected chi connectivity index (χ3v) is 3.19. The summed E-state index contributed by atoms with van der Waals surface area (Å²) in [6.45, 7) is 1.65. The number of hydrogen-bond donors (Lipinski definition) is 0. The van der Waals surface area contributed by atoms with Crippen molar-refractivity contribution < 1.29 is 4.79 Å². The maximum atomic E-state index is 12.0. The second kappa shape index (κ2) is 5.30. The van der Waals surface area contributed by atoms with Gasteiger partial charge in [-0.1, -0.05) is 6.07 Å². The maximum Gasteiger partial charge on any atom is 0.272 e. The summed E-state index contributed by atoms with van der Waals surface area (Å²) in [4.78, 5) is 18.0. The van der Waals surface area contributed by atoms with Crippen LogP contribution in [0.2, 0.25) is 0 Å². The molecule has 2 rings (SSSR count). The van der Waals surface area contributed by atoms with Gasteiger partial charge in [-0.3, -0.25) is 9.78 Å². The highest BCUT2D eigenvalue weighted by atomic mass is 35.5.